The molecule has 0 rings (SSSR count). The zero-order valence-corrected chi connectivity index (χ0v) is 13.7. The van der Waals surface area contributed by atoms with Crippen molar-refractivity contribution in [3.63, 3.8) is 0 Å². The maximum atomic E-state index is 4.10. The van der Waals surface area contributed by atoms with Gasteiger partial charge in [0.1, 0.15) is 0 Å². The quantitative estimate of drug-likeness (QED) is 0.337. The lowest BCUT2D eigenvalue weighted by Gasteiger charge is -2.25. The lowest BCUT2D eigenvalue weighted by Crippen LogP contribution is -2.40. The van der Waals surface area contributed by atoms with Crippen LogP contribution < -0.4 is 10.6 Å². The lowest BCUT2D eigenvalue weighted by atomic mass is 9.87. The third-order valence-corrected chi connectivity index (χ3v) is 2.65. The molecule has 0 bridgehead atoms. The Hall–Kier alpha value is 0. The molecule has 0 aromatic rings. The third kappa shape index (κ3) is 9.24. The number of halogens is 1. The van der Waals surface area contributed by atoms with Crippen LogP contribution in [0, 0.1) is 5.41 Å². The predicted octanol–water partition coefficient (Wildman–Crippen LogP) is 3.01. The molecule has 0 fully saturated rings. The summed E-state index contributed by atoms with van der Waals surface area (Å²) in [6.07, 6.45) is 5.23. The first-order chi connectivity index (χ1) is 7.05. The van der Waals surface area contributed by atoms with E-state index in [1.807, 2.05) is 7.05 Å². The number of nitrogens with one attached hydrogen (secondary N) is 2. The molecule has 0 aliphatic heterocycles. The molecule has 16 heavy (non-hydrogen) atoms. The lowest BCUT2D eigenvalue weighted by molar-refractivity contribution is 0.319. The zero-order valence-electron chi connectivity index (χ0n) is 11.4. The molecular formula is C12H28IN3. The summed E-state index contributed by atoms with van der Waals surface area (Å²) in [7, 11) is 3.68. The maximum absolute atomic E-state index is 4.10. The van der Waals surface area contributed by atoms with Crippen LogP contribution in [0.5, 0.6) is 0 Å². The SMILES string of the molecule is CCCCCC(C)(C)CNC(=NC)NC.I. The average Bonchev–Trinajstić information content (AvgIpc) is 2.19. The summed E-state index contributed by atoms with van der Waals surface area (Å²) in [6.45, 7) is 7.83. The number of guanidine groups is 1. The summed E-state index contributed by atoms with van der Waals surface area (Å²) in [5.41, 5.74) is 0.349. The molecule has 98 valence electrons. The van der Waals surface area contributed by atoms with Gasteiger partial charge in [0, 0.05) is 20.6 Å². The topological polar surface area (TPSA) is 36.4 Å². The van der Waals surface area contributed by atoms with Crippen LogP contribution in [-0.4, -0.2) is 26.6 Å². The predicted molar refractivity (Wildman–Crippen MR) is 83.8 cm³/mol. The summed E-state index contributed by atoms with van der Waals surface area (Å²) in [5, 5.41) is 6.36. The van der Waals surface area contributed by atoms with Crippen LogP contribution in [0.3, 0.4) is 0 Å². The van der Waals surface area contributed by atoms with Gasteiger partial charge < -0.3 is 10.6 Å². The molecule has 3 nitrogen and oxygen atoms in total. The Morgan fingerprint density at radius 3 is 2.31 bits per heavy atom. The fourth-order valence-electron chi connectivity index (χ4n) is 1.54. The number of aliphatic imine (C=N–C) groups is 1. The monoisotopic (exact) mass is 341 g/mol. The normalized spacial score (nSPS) is 11.9. The zero-order chi connectivity index (χ0) is 11.7. The van der Waals surface area contributed by atoms with Gasteiger partial charge in [-0.15, -0.1) is 24.0 Å². The van der Waals surface area contributed by atoms with Crippen molar-refractivity contribution in [2.24, 2.45) is 10.4 Å². The molecule has 0 aromatic carbocycles. The molecule has 0 heterocycles. The molecule has 0 aromatic heterocycles. The number of hydrogen-bond acceptors (Lipinski definition) is 1. The van der Waals surface area contributed by atoms with Gasteiger partial charge >= 0.3 is 0 Å². The van der Waals surface area contributed by atoms with Crippen LogP contribution in [0.15, 0.2) is 4.99 Å². The van der Waals surface area contributed by atoms with Crippen molar-refractivity contribution in [3.05, 3.63) is 0 Å². The van der Waals surface area contributed by atoms with Crippen molar-refractivity contribution in [2.45, 2.75) is 46.5 Å². The van der Waals surface area contributed by atoms with Gasteiger partial charge in [0.15, 0.2) is 5.96 Å². The minimum Gasteiger partial charge on any atom is -0.359 e. The number of rotatable bonds is 6. The largest absolute Gasteiger partial charge is 0.359 e. The molecule has 0 aliphatic carbocycles. The van der Waals surface area contributed by atoms with Crippen LogP contribution >= 0.6 is 24.0 Å². The minimum absolute atomic E-state index is 0. The molecule has 4 heteroatoms. The van der Waals surface area contributed by atoms with Crippen molar-refractivity contribution in [1.29, 1.82) is 0 Å². The summed E-state index contributed by atoms with van der Waals surface area (Å²) in [4.78, 5) is 4.10. The van der Waals surface area contributed by atoms with Crippen molar-refractivity contribution < 1.29 is 0 Å². The van der Waals surface area contributed by atoms with Crippen molar-refractivity contribution in [2.75, 3.05) is 20.6 Å². The fraction of sp³-hybridized carbons (Fsp3) is 0.917. The van der Waals surface area contributed by atoms with Crippen LogP contribution in [-0.2, 0) is 0 Å². The van der Waals surface area contributed by atoms with E-state index in [0.717, 1.165) is 12.5 Å². The standard InChI is InChI=1S/C12H27N3.HI/c1-6-7-8-9-12(2,3)10-15-11(13-4)14-5;/h6-10H2,1-5H3,(H2,13,14,15);1H. The van der Waals surface area contributed by atoms with Crippen LogP contribution in [0.2, 0.25) is 0 Å². The number of nitrogens with zero attached hydrogens (tertiary/aromatic N) is 1. The van der Waals surface area contributed by atoms with Crippen molar-refractivity contribution >= 4 is 29.9 Å². The summed E-state index contributed by atoms with van der Waals surface area (Å²) >= 11 is 0. The Kier molecular flexibility index (Phi) is 11.7. The van der Waals surface area contributed by atoms with Gasteiger partial charge in [-0.05, 0) is 11.8 Å². The second-order valence-electron chi connectivity index (χ2n) is 4.80. The highest BCUT2D eigenvalue weighted by molar-refractivity contribution is 14.0. The Morgan fingerprint density at radius 1 is 1.25 bits per heavy atom. The maximum Gasteiger partial charge on any atom is 0.190 e. The van der Waals surface area contributed by atoms with Crippen molar-refractivity contribution in [1.82, 2.24) is 10.6 Å². The first-order valence-electron chi connectivity index (χ1n) is 5.94. The Morgan fingerprint density at radius 2 is 1.88 bits per heavy atom. The highest BCUT2D eigenvalue weighted by Crippen LogP contribution is 2.22. The number of hydrogen-bond donors (Lipinski definition) is 2. The first kappa shape index (κ1) is 18.4. The van der Waals surface area contributed by atoms with E-state index in [9.17, 15) is 0 Å². The molecule has 0 amide bonds. The van der Waals surface area contributed by atoms with E-state index in [0.29, 0.717) is 5.41 Å². The van der Waals surface area contributed by atoms with E-state index < -0.39 is 0 Å². The molecule has 0 spiro atoms. The van der Waals surface area contributed by atoms with Gasteiger partial charge in [-0.25, -0.2) is 0 Å². The van der Waals surface area contributed by atoms with Crippen LogP contribution in [0.4, 0.5) is 0 Å². The number of unbranched alkanes of at least 4 members (excludes halogenated alkanes) is 2. The van der Waals surface area contributed by atoms with Gasteiger partial charge in [0.05, 0.1) is 0 Å². The highest BCUT2D eigenvalue weighted by Gasteiger charge is 2.17. The van der Waals surface area contributed by atoms with E-state index in [-0.39, 0.29) is 24.0 Å². The van der Waals surface area contributed by atoms with Gasteiger partial charge in [-0.2, -0.15) is 0 Å². The van der Waals surface area contributed by atoms with E-state index >= 15 is 0 Å². The summed E-state index contributed by atoms with van der Waals surface area (Å²) in [6, 6.07) is 0. The van der Waals surface area contributed by atoms with E-state index in [4.69, 9.17) is 0 Å². The second kappa shape index (κ2) is 10.2. The molecule has 2 N–H and O–H groups in total. The van der Waals surface area contributed by atoms with Gasteiger partial charge in [-0.3, -0.25) is 4.99 Å². The first-order valence-corrected chi connectivity index (χ1v) is 5.94. The Labute approximate surface area is 118 Å². The van der Waals surface area contributed by atoms with Gasteiger partial charge in [0.25, 0.3) is 0 Å². The van der Waals surface area contributed by atoms with Crippen molar-refractivity contribution in [3.8, 4) is 0 Å². The second-order valence-corrected chi connectivity index (χ2v) is 4.80. The molecule has 0 aliphatic rings. The Bertz CT molecular complexity index is 191. The summed E-state index contributed by atoms with van der Waals surface area (Å²) in [5.74, 6) is 0.874. The fourth-order valence-corrected chi connectivity index (χ4v) is 1.54. The third-order valence-electron chi connectivity index (χ3n) is 2.65. The summed E-state index contributed by atoms with van der Waals surface area (Å²) < 4.78 is 0. The molecule has 0 saturated heterocycles. The van der Waals surface area contributed by atoms with Gasteiger partial charge in [0.2, 0.25) is 0 Å². The molecule has 0 unspecified atom stereocenters. The minimum atomic E-state index is 0. The smallest absolute Gasteiger partial charge is 0.190 e. The molecule has 0 radical (unpaired) electrons. The van der Waals surface area contributed by atoms with E-state index in [2.05, 4.69) is 36.4 Å². The molecule has 0 atom stereocenters. The van der Waals surface area contributed by atoms with Crippen LogP contribution in [0.1, 0.15) is 46.5 Å². The molecular weight excluding hydrogens is 313 g/mol. The highest BCUT2D eigenvalue weighted by atomic mass is 127. The molecule has 0 saturated carbocycles. The average molecular weight is 341 g/mol. The van der Waals surface area contributed by atoms with E-state index in [1.54, 1.807) is 7.05 Å². The van der Waals surface area contributed by atoms with E-state index in [1.165, 1.54) is 25.7 Å². The van der Waals surface area contributed by atoms with Crippen LogP contribution in [0.25, 0.3) is 0 Å². The van der Waals surface area contributed by atoms with Gasteiger partial charge in [-0.1, -0.05) is 40.0 Å². The Balaban J connectivity index is 0.